The van der Waals surface area contributed by atoms with Crippen molar-refractivity contribution in [3.63, 3.8) is 0 Å². The predicted molar refractivity (Wildman–Crippen MR) is 50.5 cm³/mol. The van der Waals surface area contributed by atoms with Gasteiger partial charge in [-0.1, -0.05) is 0 Å². The van der Waals surface area contributed by atoms with Gasteiger partial charge in [0.2, 0.25) is 5.91 Å². The summed E-state index contributed by atoms with van der Waals surface area (Å²) in [5.41, 5.74) is 0. The number of ether oxygens (including phenoxy) is 1. The van der Waals surface area contributed by atoms with Crippen LogP contribution >= 0.6 is 0 Å². The van der Waals surface area contributed by atoms with E-state index in [2.05, 4.69) is 10.6 Å². The molecule has 1 aliphatic rings. The van der Waals surface area contributed by atoms with Crippen molar-refractivity contribution in [3.05, 3.63) is 0 Å². The van der Waals surface area contributed by atoms with E-state index in [1.165, 1.54) is 6.42 Å². The van der Waals surface area contributed by atoms with Crippen LogP contribution in [0.25, 0.3) is 0 Å². The Morgan fingerprint density at radius 2 is 2.54 bits per heavy atom. The van der Waals surface area contributed by atoms with E-state index in [0.717, 1.165) is 13.0 Å². The molecule has 1 rings (SSSR count). The highest BCUT2D eigenvalue weighted by Crippen LogP contribution is 2.04. The molecule has 1 unspecified atom stereocenters. The van der Waals surface area contributed by atoms with E-state index >= 15 is 0 Å². The van der Waals surface area contributed by atoms with Crippen molar-refractivity contribution < 1.29 is 9.53 Å². The molecule has 0 aromatic heterocycles. The van der Waals surface area contributed by atoms with E-state index < -0.39 is 0 Å². The number of hydrogen-bond donors (Lipinski definition) is 2. The Bertz CT molecular complexity index is 156. The summed E-state index contributed by atoms with van der Waals surface area (Å²) in [5.74, 6) is -0.0273. The van der Waals surface area contributed by atoms with Gasteiger partial charge in [0, 0.05) is 12.6 Å². The van der Waals surface area contributed by atoms with Gasteiger partial charge < -0.3 is 15.4 Å². The number of carbonyl (C=O) groups excluding carboxylic acids is 1. The first kappa shape index (κ1) is 10.5. The molecule has 0 aromatic carbocycles. The quantitative estimate of drug-likeness (QED) is 0.630. The molecule has 0 spiro atoms. The molecule has 0 saturated carbocycles. The second kappa shape index (κ2) is 5.94. The molecule has 0 aromatic rings. The van der Waals surface area contributed by atoms with Crippen LogP contribution in [0.2, 0.25) is 0 Å². The second-order valence-corrected chi connectivity index (χ2v) is 3.26. The largest absolute Gasteiger partial charge is 0.370 e. The van der Waals surface area contributed by atoms with E-state index in [9.17, 15) is 4.79 Å². The highest BCUT2D eigenvalue weighted by molar-refractivity contribution is 5.77. The SMILES string of the molecule is CCNC(=O)COCC1CCCN1. The molecule has 2 N–H and O–H groups in total. The molecule has 1 atom stereocenters. The second-order valence-electron chi connectivity index (χ2n) is 3.26. The summed E-state index contributed by atoms with van der Waals surface area (Å²) in [7, 11) is 0. The molecule has 1 saturated heterocycles. The number of hydrogen-bond acceptors (Lipinski definition) is 3. The van der Waals surface area contributed by atoms with Crippen molar-refractivity contribution in [3.8, 4) is 0 Å². The van der Waals surface area contributed by atoms with Crippen LogP contribution in [0.1, 0.15) is 19.8 Å². The summed E-state index contributed by atoms with van der Waals surface area (Å²) in [6.45, 7) is 4.48. The monoisotopic (exact) mass is 186 g/mol. The molecule has 1 amide bonds. The van der Waals surface area contributed by atoms with Crippen LogP contribution < -0.4 is 10.6 Å². The van der Waals surface area contributed by atoms with Gasteiger partial charge in [0.05, 0.1) is 6.61 Å². The van der Waals surface area contributed by atoms with E-state index in [0.29, 0.717) is 19.2 Å². The molecule has 0 bridgehead atoms. The molecule has 1 heterocycles. The molecule has 1 fully saturated rings. The van der Waals surface area contributed by atoms with Gasteiger partial charge in [0.15, 0.2) is 0 Å². The van der Waals surface area contributed by atoms with E-state index in [-0.39, 0.29) is 12.5 Å². The van der Waals surface area contributed by atoms with Gasteiger partial charge in [0.25, 0.3) is 0 Å². The number of likely N-dealkylation sites (N-methyl/N-ethyl adjacent to an activating group) is 1. The minimum Gasteiger partial charge on any atom is -0.370 e. The maximum Gasteiger partial charge on any atom is 0.245 e. The highest BCUT2D eigenvalue weighted by atomic mass is 16.5. The Kier molecular flexibility index (Phi) is 4.78. The summed E-state index contributed by atoms with van der Waals surface area (Å²) in [6.07, 6.45) is 2.38. The summed E-state index contributed by atoms with van der Waals surface area (Å²) in [5, 5.41) is 5.99. The normalized spacial score (nSPS) is 21.8. The Hall–Kier alpha value is -0.610. The maximum atomic E-state index is 11.0. The number of carbonyl (C=O) groups is 1. The summed E-state index contributed by atoms with van der Waals surface area (Å²) in [6, 6.07) is 0.453. The topological polar surface area (TPSA) is 50.4 Å². The number of nitrogens with one attached hydrogen (secondary N) is 2. The van der Waals surface area contributed by atoms with E-state index in [1.807, 2.05) is 6.92 Å². The van der Waals surface area contributed by atoms with Crippen LogP contribution in [0.5, 0.6) is 0 Å². The zero-order valence-corrected chi connectivity index (χ0v) is 8.14. The fourth-order valence-corrected chi connectivity index (χ4v) is 1.44. The van der Waals surface area contributed by atoms with Crippen LogP contribution in [0.4, 0.5) is 0 Å². The lowest BCUT2D eigenvalue weighted by molar-refractivity contribution is -0.125. The fourth-order valence-electron chi connectivity index (χ4n) is 1.44. The van der Waals surface area contributed by atoms with E-state index in [1.54, 1.807) is 0 Å². The third-order valence-electron chi connectivity index (χ3n) is 2.09. The lowest BCUT2D eigenvalue weighted by Gasteiger charge is -2.10. The van der Waals surface area contributed by atoms with Gasteiger partial charge in [-0.15, -0.1) is 0 Å². The zero-order valence-electron chi connectivity index (χ0n) is 8.14. The lowest BCUT2D eigenvalue weighted by atomic mass is 10.2. The average Bonchev–Trinajstić information content (AvgIpc) is 2.57. The molecule has 76 valence electrons. The molecule has 0 aliphatic carbocycles. The van der Waals surface area contributed by atoms with Gasteiger partial charge in [-0.2, -0.15) is 0 Å². The average molecular weight is 186 g/mol. The molecular formula is C9H18N2O2. The summed E-state index contributed by atoms with van der Waals surface area (Å²) < 4.78 is 5.26. The lowest BCUT2D eigenvalue weighted by Crippen LogP contribution is -2.31. The Balaban J connectivity index is 1.96. The van der Waals surface area contributed by atoms with Gasteiger partial charge in [-0.3, -0.25) is 4.79 Å². The van der Waals surface area contributed by atoms with Gasteiger partial charge in [-0.25, -0.2) is 0 Å². The molecular weight excluding hydrogens is 168 g/mol. The first-order valence-corrected chi connectivity index (χ1v) is 4.90. The standard InChI is InChI=1S/C9H18N2O2/c1-2-10-9(12)7-13-6-8-4-3-5-11-8/h8,11H,2-7H2,1H3,(H,10,12). The smallest absolute Gasteiger partial charge is 0.245 e. The maximum absolute atomic E-state index is 11.0. The minimum atomic E-state index is -0.0273. The van der Waals surface area contributed by atoms with Gasteiger partial charge >= 0.3 is 0 Å². The molecule has 13 heavy (non-hydrogen) atoms. The third kappa shape index (κ3) is 4.24. The zero-order chi connectivity index (χ0) is 9.52. The molecule has 1 aliphatic heterocycles. The van der Waals surface area contributed by atoms with Gasteiger partial charge in [0.1, 0.15) is 6.61 Å². The van der Waals surface area contributed by atoms with Crippen molar-refractivity contribution in [2.75, 3.05) is 26.3 Å². The highest BCUT2D eigenvalue weighted by Gasteiger charge is 2.13. The first-order chi connectivity index (χ1) is 6.33. The Morgan fingerprint density at radius 3 is 3.15 bits per heavy atom. The molecule has 4 nitrogen and oxygen atoms in total. The van der Waals surface area contributed by atoms with Crippen LogP contribution in [0.3, 0.4) is 0 Å². The number of amides is 1. The van der Waals surface area contributed by atoms with Crippen molar-refractivity contribution in [2.45, 2.75) is 25.8 Å². The fraction of sp³-hybridized carbons (Fsp3) is 0.889. The van der Waals surface area contributed by atoms with Gasteiger partial charge in [-0.05, 0) is 26.3 Å². The van der Waals surface area contributed by atoms with Crippen LogP contribution in [0.15, 0.2) is 0 Å². The van der Waals surface area contributed by atoms with Crippen LogP contribution in [-0.2, 0) is 9.53 Å². The summed E-state index contributed by atoms with van der Waals surface area (Å²) in [4.78, 5) is 11.0. The summed E-state index contributed by atoms with van der Waals surface area (Å²) >= 11 is 0. The third-order valence-corrected chi connectivity index (χ3v) is 2.09. The predicted octanol–water partition coefficient (Wildman–Crippen LogP) is -0.109. The van der Waals surface area contributed by atoms with Crippen molar-refractivity contribution in [2.24, 2.45) is 0 Å². The molecule has 4 heteroatoms. The van der Waals surface area contributed by atoms with Crippen molar-refractivity contribution >= 4 is 5.91 Å². The Labute approximate surface area is 79.0 Å². The Morgan fingerprint density at radius 1 is 1.69 bits per heavy atom. The van der Waals surface area contributed by atoms with Crippen molar-refractivity contribution in [1.29, 1.82) is 0 Å². The van der Waals surface area contributed by atoms with Crippen molar-refractivity contribution in [1.82, 2.24) is 10.6 Å². The molecule has 0 radical (unpaired) electrons. The number of rotatable bonds is 5. The van der Waals surface area contributed by atoms with Crippen LogP contribution in [0, 0.1) is 0 Å². The minimum absolute atomic E-state index is 0.0273. The van der Waals surface area contributed by atoms with Crippen LogP contribution in [-0.4, -0.2) is 38.3 Å². The first-order valence-electron chi connectivity index (χ1n) is 4.90. The van der Waals surface area contributed by atoms with E-state index in [4.69, 9.17) is 4.74 Å².